The highest BCUT2D eigenvalue weighted by atomic mass is 35.5. The van der Waals surface area contributed by atoms with Crippen molar-refractivity contribution in [2.75, 3.05) is 6.54 Å². The van der Waals surface area contributed by atoms with Gasteiger partial charge in [-0.2, -0.15) is 0 Å². The van der Waals surface area contributed by atoms with Crippen LogP contribution in [0.5, 0.6) is 0 Å². The van der Waals surface area contributed by atoms with Crippen LogP contribution in [-0.4, -0.2) is 27.3 Å². The first-order chi connectivity index (χ1) is 9.66. The molecule has 1 unspecified atom stereocenters. The maximum absolute atomic E-state index is 12.5. The maximum Gasteiger partial charge on any atom is 0.260 e. The van der Waals surface area contributed by atoms with Crippen molar-refractivity contribution in [3.63, 3.8) is 0 Å². The number of pyridine rings is 1. The van der Waals surface area contributed by atoms with Crippen molar-refractivity contribution in [3.8, 4) is 0 Å². The molecule has 2 aromatic heterocycles. The lowest BCUT2D eigenvalue weighted by molar-refractivity contribution is 0.0733. The molecule has 0 radical (unpaired) electrons. The summed E-state index contributed by atoms with van der Waals surface area (Å²) in [6, 6.07) is 1.38. The van der Waals surface area contributed by atoms with Crippen LogP contribution in [0.4, 0.5) is 0 Å². The van der Waals surface area contributed by atoms with E-state index in [0.29, 0.717) is 11.6 Å². The first-order valence-electron chi connectivity index (χ1n) is 6.25. The average Bonchev–Trinajstić information content (AvgIpc) is 3.10. The number of amides is 1. The van der Waals surface area contributed by atoms with Crippen molar-refractivity contribution in [3.05, 3.63) is 49.8 Å². The van der Waals surface area contributed by atoms with Crippen LogP contribution in [0.15, 0.2) is 28.6 Å². The van der Waals surface area contributed by atoms with Crippen LogP contribution in [-0.2, 0) is 0 Å². The SMILES string of the molecule is O=C(c1cc(Cl)c[nH]c1=O)N1CCCC1c1nccs1. The van der Waals surface area contributed by atoms with Gasteiger partial charge in [-0.25, -0.2) is 4.98 Å². The summed E-state index contributed by atoms with van der Waals surface area (Å²) < 4.78 is 0. The normalized spacial score (nSPS) is 18.4. The number of likely N-dealkylation sites (tertiary alicyclic amines) is 1. The molecule has 3 rings (SSSR count). The lowest BCUT2D eigenvalue weighted by Gasteiger charge is -2.22. The first kappa shape index (κ1) is 13.3. The third-order valence-corrected chi connectivity index (χ3v) is 4.44. The number of aromatic nitrogens is 2. The molecule has 0 saturated carbocycles. The van der Waals surface area contributed by atoms with Gasteiger partial charge in [0.05, 0.1) is 11.1 Å². The van der Waals surface area contributed by atoms with E-state index < -0.39 is 5.56 Å². The van der Waals surface area contributed by atoms with Gasteiger partial charge in [0.25, 0.3) is 11.5 Å². The number of nitrogens with one attached hydrogen (secondary N) is 1. The molecule has 1 aliphatic rings. The zero-order chi connectivity index (χ0) is 14.1. The number of nitrogens with zero attached hydrogens (tertiary/aromatic N) is 2. The molecule has 5 nitrogen and oxygen atoms in total. The minimum Gasteiger partial charge on any atom is -0.329 e. The number of halogens is 1. The standard InChI is InChI=1S/C13H12ClN3O2S/c14-8-6-9(11(18)16-7-8)13(19)17-4-1-2-10(17)12-15-3-5-20-12/h3,5-7,10H,1-2,4H2,(H,16,18). The second-order valence-corrected chi connectivity index (χ2v) is 5.95. The van der Waals surface area contributed by atoms with E-state index in [1.54, 1.807) is 11.1 Å². The Balaban J connectivity index is 1.93. The summed E-state index contributed by atoms with van der Waals surface area (Å²) in [4.78, 5) is 32.8. The van der Waals surface area contributed by atoms with Crippen molar-refractivity contribution in [1.29, 1.82) is 0 Å². The molecule has 0 spiro atoms. The molecular weight excluding hydrogens is 298 g/mol. The highest BCUT2D eigenvalue weighted by Gasteiger charge is 2.33. The van der Waals surface area contributed by atoms with E-state index >= 15 is 0 Å². The van der Waals surface area contributed by atoms with Crippen LogP contribution in [0.1, 0.15) is 34.2 Å². The van der Waals surface area contributed by atoms with Gasteiger partial charge < -0.3 is 9.88 Å². The number of carbonyl (C=O) groups is 1. The Morgan fingerprint density at radius 1 is 1.55 bits per heavy atom. The topological polar surface area (TPSA) is 66.1 Å². The van der Waals surface area contributed by atoms with Gasteiger partial charge in [-0.3, -0.25) is 9.59 Å². The quantitative estimate of drug-likeness (QED) is 0.926. The van der Waals surface area contributed by atoms with Crippen LogP contribution < -0.4 is 5.56 Å². The Hall–Kier alpha value is -1.66. The molecule has 1 aliphatic heterocycles. The average molecular weight is 310 g/mol. The van der Waals surface area contributed by atoms with Gasteiger partial charge in [0, 0.05) is 24.3 Å². The van der Waals surface area contributed by atoms with E-state index in [9.17, 15) is 9.59 Å². The van der Waals surface area contributed by atoms with Crippen molar-refractivity contribution in [2.24, 2.45) is 0 Å². The van der Waals surface area contributed by atoms with Gasteiger partial charge in [0.2, 0.25) is 0 Å². The lowest BCUT2D eigenvalue weighted by Crippen LogP contribution is -2.34. The summed E-state index contributed by atoms with van der Waals surface area (Å²) in [5, 5.41) is 3.15. The summed E-state index contributed by atoms with van der Waals surface area (Å²) in [7, 11) is 0. The molecule has 104 valence electrons. The van der Waals surface area contributed by atoms with Crippen molar-refractivity contribution in [2.45, 2.75) is 18.9 Å². The summed E-state index contributed by atoms with van der Waals surface area (Å²) >= 11 is 7.38. The van der Waals surface area contributed by atoms with Crippen molar-refractivity contribution in [1.82, 2.24) is 14.9 Å². The van der Waals surface area contributed by atoms with Crippen LogP contribution in [0, 0.1) is 0 Å². The van der Waals surface area contributed by atoms with Crippen molar-refractivity contribution >= 4 is 28.8 Å². The van der Waals surface area contributed by atoms with Gasteiger partial charge >= 0.3 is 0 Å². The van der Waals surface area contributed by atoms with Crippen molar-refractivity contribution < 1.29 is 4.79 Å². The van der Waals surface area contributed by atoms with E-state index in [1.165, 1.54) is 23.6 Å². The predicted molar refractivity (Wildman–Crippen MR) is 77.2 cm³/mol. The molecule has 1 atom stereocenters. The fraction of sp³-hybridized carbons (Fsp3) is 0.308. The third-order valence-electron chi connectivity index (χ3n) is 3.35. The smallest absolute Gasteiger partial charge is 0.260 e. The molecule has 2 aromatic rings. The fourth-order valence-electron chi connectivity index (χ4n) is 2.44. The molecule has 3 heterocycles. The van der Waals surface area contributed by atoms with Gasteiger partial charge in [0.1, 0.15) is 10.6 Å². The largest absolute Gasteiger partial charge is 0.329 e. The molecule has 0 aromatic carbocycles. The Bertz CT molecular complexity index is 683. The minimum atomic E-state index is -0.413. The molecule has 1 N–H and O–H groups in total. The summed E-state index contributed by atoms with van der Waals surface area (Å²) in [5.41, 5.74) is -0.329. The van der Waals surface area contributed by atoms with Gasteiger partial charge in [0.15, 0.2) is 0 Å². The highest BCUT2D eigenvalue weighted by Crippen LogP contribution is 2.33. The van der Waals surface area contributed by atoms with E-state index in [2.05, 4.69) is 9.97 Å². The molecule has 7 heteroatoms. The summed E-state index contributed by atoms with van der Waals surface area (Å²) in [6.07, 6.45) is 4.89. The zero-order valence-electron chi connectivity index (χ0n) is 10.5. The molecule has 0 aliphatic carbocycles. The van der Waals surface area contributed by atoms with E-state index in [0.717, 1.165) is 17.8 Å². The summed E-state index contributed by atoms with van der Waals surface area (Å²) in [6.45, 7) is 0.634. The molecular formula is C13H12ClN3O2S. The molecule has 0 bridgehead atoms. The Morgan fingerprint density at radius 2 is 2.40 bits per heavy atom. The van der Waals surface area contributed by atoms with Crippen LogP contribution in [0.3, 0.4) is 0 Å². The Morgan fingerprint density at radius 3 is 3.15 bits per heavy atom. The van der Waals surface area contributed by atoms with Gasteiger partial charge in [-0.1, -0.05) is 11.6 Å². The number of carbonyl (C=O) groups excluding carboxylic acids is 1. The maximum atomic E-state index is 12.5. The fourth-order valence-corrected chi connectivity index (χ4v) is 3.39. The van der Waals surface area contributed by atoms with Crippen LogP contribution >= 0.6 is 22.9 Å². The monoisotopic (exact) mass is 309 g/mol. The second-order valence-electron chi connectivity index (χ2n) is 4.59. The second kappa shape index (κ2) is 5.38. The Labute approximate surface area is 124 Å². The molecule has 1 fully saturated rings. The van der Waals surface area contributed by atoms with Crippen LogP contribution in [0.25, 0.3) is 0 Å². The lowest BCUT2D eigenvalue weighted by atomic mass is 10.2. The number of hydrogen-bond acceptors (Lipinski definition) is 4. The van der Waals surface area contributed by atoms with E-state index in [-0.39, 0.29) is 17.5 Å². The van der Waals surface area contributed by atoms with Gasteiger partial charge in [-0.15, -0.1) is 11.3 Å². The molecule has 1 amide bonds. The Kier molecular flexibility index (Phi) is 3.58. The van der Waals surface area contributed by atoms with Crippen LogP contribution in [0.2, 0.25) is 5.02 Å². The van der Waals surface area contributed by atoms with E-state index in [4.69, 9.17) is 11.6 Å². The number of thiazole rings is 1. The number of H-pyrrole nitrogens is 1. The molecule has 20 heavy (non-hydrogen) atoms. The highest BCUT2D eigenvalue weighted by molar-refractivity contribution is 7.09. The first-order valence-corrected chi connectivity index (χ1v) is 7.51. The number of aromatic amines is 1. The summed E-state index contributed by atoms with van der Waals surface area (Å²) in [5.74, 6) is -0.286. The van der Waals surface area contributed by atoms with Gasteiger partial charge in [-0.05, 0) is 18.9 Å². The minimum absolute atomic E-state index is 0.0409. The van der Waals surface area contributed by atoms with E-state index in [1.807, 2.05) is 5.38 Å². The third kappa shape index (κ3) is 2.36. The predicted octanol–water partition coefficient (Wildman–Crippen LogP) is 2.46. The molecule has 1 saturated heterocycles. The zero-order valence-corrected chi connectivity index (χ0v) is 12.1. The number of rotatable bonds is 2. The number of hydrogen-bond donors (Lipinski definition) is 1.